The molecule has 2 aliphatic rings. The Hall–Kier alpha value is -0.570. The van der Waals surface area contributed by atoms with Crippen LogP contribution >= 0.6 is 0 Å². The Morgan fingerprint density at radius 2 is 1.93 bits per heavy atom. The fourth-order valence-electron chi connectivity index (χ4n) is 2.34. The number of hydrogen-bond acceptors (Lipinski definition) is 2. The minimum atomic E-state index is -0.0699. The summed E-state index contributed by atoms with van der Waals surface area (Å²) < 4.78 is 0. The van der Waals surface area contributed by atoms with Crippen molar-refractivity contribution in [3.8, 4) is 0 Å². The minimum absolute atomic E-state index is 0.0699. The molecule has 2 rings (SSSR count). The highest BCUT2D eigenvalue weighted by molar-refractivity contribution is 5.82. The molecule has 3 nitrogen and oxygen atoms in total. The van der Waals surface area contributed by atoms with E-state index in [0.29, 0.717) is 0 Å². The molecule has 0 radical (unpaired) electrons. The molecule has 0 spiro atoms. The van der Waals surface area contributed by atoms with E-state index in [-0.39, 0.29) is 11.3 Å². The average molecular weight is 210 g/mol. The molecule has 0 aromatic carbocycles. The molecule has 0 unspecified atom stereocenters. The Morgan fingerprint density at radius 3 is 2.53 bits per heavy atom. The molecule has 2 fully saturated rings. The second-order valence-corrected chi connectivity index (χ2v) is 5.25. The van der Waals surface area contributed by atoms with Crippen LogP contribution < -0.4 is 10.6 Å². The number of carbonyl (C=O) groups excluding carboxylic acids is 1. The van der Waals surface area contributed by atoms with Gasteiger partial charge < -0.3 is 10.6 Å². The van der Waals surface area contributed by atoms with Crippen LogP contribution in [-0.2, 0) is 4.79 Å². The lowest BCUT2D eigenvalue weighted by Gasteiger charge is -2.22. The molecule has 0 aromatic rings. The summed E-state index contributed by atoms with van der Waals surface area (Å²) in [4.78, 5) is 11.9. The van der Waals surface area contributed by atoms with Crippen LogP contribution in [0.3, 0.4) is 0 Å². The van der Waals surface area contributed by atoms with Gasteiger partial charge in [0.05, 0.1) is 0 Å². The predicted molar refractivity (Wildman–Crippen MR) is 60.6 cm³/mol. The van der Waals surface area contributed by atoms with Gasteiger partial charge in [-0.15, -0.1) is 0 Å². The van der Waals surface area contributed by atoms with E-state index in [1.165, 1.54) is 25.7 Å². The Bertz CT molecular complexity index is 230. The van der Waals surface area contributed by atoms with Crippen LogP contribution in [0.15, 0.2) is 0 Å². The first-order valence-electron chi connectivity index (χ1n) is 6.22. The van der Waals surface area contributed by atoms with Crippen LogP contribution in [0.2, 0.25) is 0 Å². The van der Waals surface area contributed by atoms with E-state index in [1.54, 1.807) is 0 Å². The van der Waals surface area contributed by atoms with Gasteiger partial charge in [0.2, 0.25) is 5.91 Å². The van der Waals surface area contributed by atoms with Crippen molar-refractivity contribution in [2.45, 2.75) is 51.5 Å². The molecule has 2 saturated carbocycles. The van der Waals surface area contributed by atoms with E-state index >= 15 is 0 Å². The quantitative estimate of drug-likeness (QED) is 0.674. The van der Waals surface area contributed by atoms with Crippen molar-refractivity contribution in [3.05, 3.63) is 0 Å². The zero-order chi connectivity index (χ0) is 10.7. The van der Waals surface area contributed by atoms with Gasteiger partial charge in [-0.2, -0.15) is 0 Å². The Labute approximate surface area is 92.0 Å². The molecule has 0 aromatic heterocycles. The fraction of sp³-hybridized carbons (Fsp3) is 0.917. The minimum Gasteiger partial charge on any atom is -0.354 e. The van der Waals surface area contributed by atoms with Gasteiger partial charge in [0.15, 0.2) is 0 Å². The molecule has 0 heterocycles. The van der Waals surface area contributed by atoms with Crippen LogP contribution in [0.4, 0.5) is 0 Å². The van der Waals surface area contributed by atoms with Gasteiger partial charge in [-0.1, -0.05) is 19.8 Å². The van der Waals surface area contributed by atoms with E-state index in [1.807, 2.05) is 0 Å². The smallest absolute Gasteiger partial charge is 0.225 e. The molecule has 3 heteroatoms. The second kappa shape index (κ2) is 4.52. The molecule has 15 heavy (non-hydrogen) atoms. The largest absolute Gasteiger partial charge is 0.354 e. The maximum Gasteiger partial charge on any atom is 0.225 e. The number of carbonyl (C=O) groups is 1. The van der Waals surface area contributed by atoms with Gasteiger partial charge >= 0.3 is 0 Å². The van der Waals surface area contributed by atoms with Crippen molar-refractivity contribution in [2.24, 2.45) is 5.41 Å². The van der Waals surface area contributed by atoms with Gasteiger partial charge in [0, 0.05) is 24.5 Å². The third-order valence-electron chi connectivity index (χ3n) is 3.68. The summed E-state index contributed by atoms with van der Waals surface area (Å²) in [5.74, 6) is 0.262. The van der Waals surface area contributed by atoms with Crippen LogP contribution in [0.5, 0.6) is 0 Å². The zero-order valence-corrected chi connectivity index (χ0v) is 9.64. The molecule has 86 valence electrons. The summed E-state index contributed by atoms with van der Waals surface area (Å²) in [6.45, 7) is 3.81. The van der Waals surface area contributed by atoms with E-state index in [0.717, 1.165) is 32.0 Å². The predicted octanol–water partition coefficient (Wildman–Crippen LogP) is 1.43. The topological polar surface area (TPSA) is 41.1 Å². The van der Waals surface area contributed by atoms with E-state index in [2.05, 4.69) is 17.6 Å². The van der Waals surface area contributed by atoms with Crippen molar-refractivity contribution in [3.63, 3.8) is 0 Å². The number of hydrogen-bond donors (Lipinski definition) is 2. The number of amides is 1. The summed E-state index contributed by atoms with van der Waals surface area (Å²) >= 11 is 0. The maximum atomic E-state index is 11.9. The molecule has 0 bridgehead atoms. The summed E-state index contributed by atoms with van der Waals surface area (Å²) in [6.07, 6.45) is 7.18. The number of rotatable bonds is 5. The van der Waals surface area contributed by atoms with Gasteiger partial charge in [-0.25, -0.2) is 0 Å². The van der Waals surface area contributed by atoms with Gasteiger partial charge in [-0.3, -0.25) is 4.79 Å². The Kier molecular flexibility index (Phi) is 3.29. The third-order valence-corrected chi connectivity index (χ3v) is 3.68. The fourth-order valence-corrected chi connectivity index (χ4v) is 2.34. The normalized spacial score (nSPS) is 24.1. The SMILES string of the molecule is CC1(C(=O)NCCNC2CC2)CCCC1. The maximum absolute atomic E-state index is 11.9. The van der Waals surface area contributed by atoms with Crippen LogP contribution in [0, 0.1) is 5.41 Å². The van der Waals surface area contributed by atoms with E-state index in [9.17, 15) is 4.79 Å². The molecular weight excluding hydrogens is 188 g/mol. The molecule has 1 amide bonds. The lowest BCUT2D eigenvalue weighted by molar-refractivity contribution is -0.129. The van der Waals surface area contributed by atoms with E-state index < -0.39 is 0 Å². The molecule has 0 aliphatic heterocycles. The highest BCUT2D eigenvalue weighted by Crippen LogP contribution is 2.37. The lowest BCUT2D eigenvalue weighted by atomic mass is 9.88. The standard InChI is InChI=1S/C12H22N2O/c1-12(6-2-3-7-12)11(15)14-9-8-13-10-4-5-10/h10,13H,2-9H2,1H3,(H,14,15). The molecular formula is C12H22N2O. The van der Waals surface area contributed by atoms with Crippen molar-refractivity contribution < 1.29 is 4.79 Å². The summed E-state index contributed by atoms with van der Waals surface area (Å²) in [5, 5.41) is 6.45. The lowest BCUT2D eigenvalue weighted by Crippen LogP contribution is -2.40. The van der Waals surface area contributed by atoms with Crippen LogP contribution in [-0.4, -0.2) is 25.0 Å². The third kappa shape index (κ3) is 2.94. The van der Waals surface area contributed by atoms with Gasteiger partial charge in [0.1, 0.15) is 0 Å². The highest BCUT2D eigenvalue weighted by atomic mass is 16.2. The average Bonchev–Trinajstić information content (AvgIpc) is 2.94. The summed E-state index contributed by atoms with van der Waals surface area (Å²) in [6, 6.07) is 0.740. The Morgan fingerprint density at radius 1 is 1.27 bits per heavy atom. The monoisotopic (exact) mass is 210 g/mol. The van der Waals surface area contributed by atoms with Crippen LogP contribution in [0.25, 0.3) is 0 Å². The molecule has 0 atom stereocenters. The molecule has 0 saturated heterocycles. The first kappa shape index (κ1) is 10.9. The van der Waals surface area contributed by atoms with Crippen molar-refractivity contribution in [1.82, 2.24) is 10.6 Å². The van der Waals surface area contributed by atoms with Crippen molar-refractivity contribution in [1.29, 1.82) is 0 Å². The number of nitrogens with one attached hydrogen (secondary N) is 2. The van der Waals surface area contributed by atoms with Crippen molar-refractivity contribution in [2.75, 3.05) is 13.1 Å². The molecule has 2 aliphatic carbocycles. The zero-order valence-electron chi connectivity index (χ0n) is 9.64. The first-order valence-corrected chi connectivity index (χ1v) is 6.22. The highest BCUT2D eigenvalue weighted by Gasteiger charge is 2.35. The van der Waals surface area contributed by atoms with Gasteiger partial charge in [0.25, 0.3) is 0 Å². The van der Waals surface area contributed by atoms with Crippen LogP contribution in [0.1, 0.15) is 45.4 Å². The second-order valence-electron chi connectivity index (χ2n) is 5.25. The van der Waals surface area contributed by atoms with Crippen molar-refractivity contribution >= 4 is 5.91 Å². The summed E-state index contributed by atoms with van der Waals surface area (Å²) in [7, 11) is 0. The molecule has 2 N–H and O–H groups in total. The van der Waals surface area contributed by atoms with Gasteiger partial charge in [-0.05, 0) is 25.7 Å². The Balaban J connectivity index is 1.62. The first-order chi connectivity index (χ1) is 7.21. The van der Waals surface area contributed by atoms with E-state index in [4.69, 9.17) is 0 Å². The summed E-state index contributed by atoms with van der Waals surface area (Å²) in [5.41, 5.74) is -0.0699.